The lowest BCUT2D eigenvalue weighted by molar-refractivity contribution is 0.152. The average molecular weight is 380 g/mol. The lowest BCUT2D eigenvalue weighted by Gasteiger charge is -2.36. The van der Waals surface area contributed by atoms with E-state index in [9.17, 15) is 8.42 Å². The van der Waals surface area contributed by atoms with Crippen LogP contribution in [-0.4, -0.2) is 44.2 Å². The lowest BCUT2D eigenvalue weighted by Crippen LogP contribution is -2.45. The summed E-state index contributed by atoms with van der Waals surface area (Å²) < 4.78 is 22.9. The summed E-state index contributed by atoms with van der Waals surface area (Å²) in [5.41, 5.74) is 3.63. The van der Waals surface area contributed by atoms with Crippen molar-refractivity contribution in [1.29, 1.82) is 0 Å². The number of hydrogen-bond donors (Lipinski definition) is 1. The molecule has 1 aliphatic heterocycles. The zero-order valence-corrected chi connectivity index (χ0v) is 16.4. The quantitative estimate of drug-likeness (QED) is 0.835. The van der Waals surface area contributed by atoms with Crippen molar-refractivity contribution in [2.24, 2.45) is 0 Å². The van der Waals surface area contributed by atoms with Gasteiger partial charge in [0, 0.05) is 43.9 Å². The van der Waals surface area contributed by atoms with E-state index in [4.69, 9.17) is 0 Å². The van der Waals surface area contributed by atoms with E-state index in [2.05, 4.69) is 46.4 Å². The number of rotatable bonds is 6. The van der Waals surface area contributed by atoms with Crippen molar-refractivity contribution < 1.29 is 8.42 Å². The van der Waals surface area contributed by atoms with Crippen LogP contribution in [0.1, 0.15) is 34.8 Å². The summed E-state index contributed by atoms with van der Waals surface area (Å²) in [7, 11) is -3.03. The summed E-state index contributed by atoms with van der Waals surface area (Å²) in [6, 6.07) is 9.17. The molecule has 2 aromatic rings. The molecule has 0 saturated carbocycles. The maximum atomic E-state index is 11.4. The maximum absolute atomic E-state index is 11.4. The van der Waals surface area contributed by atoms with Gasteiger partial charge < -0.3 is 5.32 Å². The Morgan fingerprint density at radius 2 is 2.08 bits per heavy atom. The van der Waals surface area contributed by atoms with Crippen LogP contribution in [0, 0.1) is 0 Å². The van der Waals surface area contributed by atoms with Gasteiger partial charge >= 0.3 is 0 Å². The Hall–Kier alpha value is -1.28. The molecule has 2 heterocycles. The third-order valence-electron chi connectivity index (χ3n) is 4.48. The Morgan fingerprint density at radius 1 is 1.32 bits per heavy atom. The number of aryl methyl sites for hydroxylation is 1. The molecule has 1 N–H and O–H groups in total. The standard InChI is InChI=1S/C18H25N3O2S2/c1-3-14-4-6-15(7-5-14)17-10-19-8-9-21(17)11-16-12-24-18(20-16)13-25(2,22)23/h4-7,12,17,19H,3,8-11,13H2,1-2H3. The first-order valence-electron chi connectivity index (χ1n) is 8.59. The fourth-order valence-corrected chi connectivity index (χ4v) is 5.16. The highest BCUT2D eigenvalue weighted by Gasteiger charge is 2.24. The van der Waals surface area contributed by atoms with Crippen molar-refractivity contribution >= 4 is 21.2 Å². The SMILES string of the molecule is CCc1ccc(C2CNCCN2Cc2csc(CS(C)(=O)=O)n2)cc1. The number of piperazine rings is 1. The van der Waals surface area contributed by atoms with Gasteiger partial charge in [-0.05, 0) is 17.5 Å². The molecule has 1 aromatic carbocycles. The highest BCUT2D eigenvalue weighted by Crippen LogP contribution is 2.25. The number of nitrogens with one attached hydrogen (secondary N) is 1. The first-order valence-corrected chi connectivity index (χ1v) is 11.5. The Balaban J connectivity index is 1.72. The molecule has 1 fully saturated rings. The van der Waals surface area contributed by atoms with Gasteiger partial charge in [0.2, 0.25) is 0 Å². The van der Waals surface area contributed by atoms with Crippen LogP contribution in [0.15, 0.2) is 29.6 Å². The average Bonchev–Trinajstić information content (AvgIpc) is 3.00. The van der Waals surface area contributed by atoms with Crippen molar-refractivity contribution in [1.82, 2.24) is 15.2 Å². The predicted octanol–water partition coefficient (Wildman–Crippen LogP) is 2.40. The second kappa shape index (κ2) is 7.95. The van der Waals surface area contributed by atoms with Crippen LogP contribution in [0.2, 0.25) is 0 Å². The van der Waals surface area contributed by atoms with E-state index < -0.39 is 9.84 Å². The van der Waals surface area contributed by atoms with Crippen LogP contribution in [0.4, 0.5) is 0 Å². The summed E-state index contributed by atoms with van der Waals surface area (Å²) in [4.78, 5) is 6.95. The van der Waals surface area contributed by atoms with Crippen LogP contribution >= 0.6 is 11.3 Å². The van der Waals surface area contributed by atoms with E-state index in [1.807, 2.05) is 5.38 Å². The van der Waals surface area contributed by atoms with Gasteiger partial charge in [-0.15, -0.1) is 11.3 Å². The molecule has 0 spiro atoms. The van der Waals surface area contributed by atoms with Crippen LogP contribution in [0.25, 0.3) is 0 Å². The molecular weight excluding hydrogens is 354 g/mol. The Kier molecular flexibility index (Phi) is 5.89. The summed E-state index contributed by atoms with van der Waals surface area (Å²) in [6.07, 6.45) is 2.30. The largest absolute Gasteiger partial charge is 0.314 e. The van der Waals surface area contributed by atoms with Crippen molar-refractivity contribution in [3.05, 3.63) is 51.5 Å². The minimum Gasteiger partial charge on any atom is -0.314 e. The van der Waals surface area contributed by atoms with Gasteiger partial charge in [-0.2, -0.15) is 0 Å². The van der Waals surface area contributed by atoms with Gasteiger partial charge in [0.25, 0.3) is 0 Å². The summed E-state index contributed by atoms with van der Waals surface area (Å²) in [6.45, 7) is 5.76. The monoisotopic (exact) mass is 379 g/mol. The van der Waals surface area contributed by atoms with Gasteiger partial charge in [-0.3, -0.25) is 4.90 Å². The highest BCUT2D eigenvalue weighted by molar-refractivity contribution is 7.90. The van der Waals surface area contributed by atoms with Gasteiger partial charge in [-0.25, -0.2) is 13.4 Å². The van der Waals surface area contributed by atoms with Gasteiger partial charge in [0.05, 0.1) is 5.69 Å². The zero-order chi connectivity index (χ0) is 17.9. The minimum atomic E-state index is -3.03. The maximum Gasteiger partial charge on any atom is 0.153 e. The van der Waals surface area contributed by atoms with Crippen molar-refractivity contribution in [3.63, 3.8) is 0 Å². The topological polar surface area (TPSA) is 62.3 Å². The molecule has 0 radical (unpaired) electrons. The summed E-state index contributed by atoms with van der Waals surface area (Å²) in [5, 5.41) is 6.14. The first-order chi connectivity index (χ1) is 11.9. The van der Waals surface area contributed by atoms with E-state index in [1.54, 1.807) is 0 Å². The van der Waals surface area contributed by atoms with Gasteiger partial charge in [0.15, 0.2) is 9.84 Å². The Morgan fingerprint density at radius 3 is 2.76 bits per heavy atom. The van der Waals surface area contributed by atoms with Crippen molar-refractivity contribution in [2.75, 3.05) is 25.9 Å². The van der Waals surface area contributed by atoms with Crippen molar-refractivity contribution in [2.45, 2.75) is 31.7 Å². The van der Waals surface area contributed by atoms with Gasteiger partial charge in [0.1, 0.15) is 10.8 Å². The molecular formula is C18H25N3O2S2. The van der Waals surface area contributed by atoms with E-state index >= 15 is 0 Å². The molecule has 3 rings (SSSR count). The normalized spacial score (nSPS) is 19.2. The molecule has 0 amide bonds. The molecule has 1 unspecified atom stereocenters. The highest BCUT2D eigenvalue weighted by atomic mass is 32.2. The minimum absolute atomic E-state index is 0.0289. The van der Waals surface area contributed by atoms with E-state index in [-0.39, 0.29) is 5.75 Å². The third-order valence-corrected chi connectivity index (χ3v) is 6.36. The number of hydrogen-bond acceptors (Lipinski definition) is 6. The molecule has 1 aromatic heterocycles. The van der Waals surface area contributed by atoms with E-state index in [0.717, 1.165) is 38.3 Å². The number of thiazole rings is 1. The van der Waals surface area contributed by atoms with Crippen molar-refractivity contribution in [3.8, 4) is 0 Å². The molecule has 5 nitrogen and oxygen atoms in total. The molecule has 1 aliphatic rings. The third kappa shape index (κ3) is 5.10. The van der Waals surface area contributed by atoms with Crippen LogP contribution in [-0.2, 0) is 28.6 Å². The van der Waals surface area contributed by atoms with E-state index in [1.165, 1.54) is 28.7 Å². The molecule has 7 heteroatoms. The van der Waals surface area contributed by atoms with Crippen LogP contribution in [0.3, 0.4) is 0 Å². The number of sulfone groups is 1. The first kappa shape index (κ1) is 18.5. The second-order valence-corrected chi connectivity index (χ2v) is 9.67. The lowest BCUT2D eigenvalue weighted by atomic mass is 10.0. The molecule has 136 valence electrons. The second-order valence-electron chi connectivity index (χ2n) is 6.59. The molecule has 1 saturated heterocycles. The number of nitrogens with zero attached hydrogens (tertiary/aromatic N) is 2. The molecule has 1 atom stereocenters. The number of benzene rings is 1. The summed E-state index contributed by atoms with van der Waals surface area (Å²) in [5.74, 6) is 0.0289. The van der Waals surface area contributed by atoms with E-state index in [0.29, 0.717) is 11.0 Å². The Labute approximate surface area is 154 Å². The predicted molar refractivity (Wildman–Crippen MR) is 103 cm³/mol. The smallest absolute Gasteiger partial charge is 0.153 e. The summed E-state index contributed by atoms with van der Waals surface area (Å²) >= 11 is 1.43. The fraction of sp³-hybridized carbons (Fsp3) is 0.500. The fourth-order valence-electron chi connectivity index (χ4n) is 3.16. The zero-order valence-electron chi connectivity index (χ0n) is 14.7. The molecule has 0 bridgehead atoms. The van der Waals surface area contributed by atoms with Crippen LogP contribution in [0.5, 0.6) is 0 Å². The Bertz CT molecular complexity index is 800. The number of aromatic nitrogens is 1. The van der Waals surface area contributed by atoms with Gasteiger partial charge in [-0.1, -0.05) is 31.2 Å². The molecule has 0 aliphatic carbocycles. The molecule has 25 heavy (non-hydrogen) atoms. The van der Waals surface area contributed by atoms with Crippen LogP contribution < -0.4 is 5.32 Å².